The van der Waals surface area contributed by atoms with Crippen molar-refractivity contribution in [2.45, 2.75) is 41.5 Å². The molecule has 0 atom stereocenters. The summed E-state index contributed by atoms with van der Waals surface area (Å²) in [6.07, 6.45) is 0.314. The van der Waals surface area contributed by atoms with Gasteiger partial charge in [-0.15, -0.1) is 0 Å². The van der Waals surface area contributed by atoms with Gasteiger partial charge < -0.3 is 20.4 Å². The first kappa shape index (κ1) is 38.5. The molecule has 0 unspecified atom stereocenters. The highest BCUT2D eigenvalue weighted by Gasteiger charge is 2.37. The van der Waals surface area contributed by atoms with Crippen LogP contribution in [-0.4, -0.2) is 56.1 Å². The van der Waals surface area contributed by atoms with Crippen LogP contribution < -0.4 is 42.6 Å². The normalized spacial score (nSPS) is 13.9. The Bertz CT molecular complexity index is 2540. The maximum Gasteiger partial charge on any atom is 0.237 e. The van der Waals surface area contributed by atoms with Crippen LogP contribution in [0.25, 0.3) is 33.4 Å². The number of benzene rings is 4. The van der Waals surface area contributed by atoms with Crippen molar-refractivity contribution in [1.29, 1.82) is 0 Å². The minimum atomic E-state index is -1.17. The number of phenolic OH excluding ortho intramolecular Hbond substituents is 4. The van der Waals surface area contributed by atoms with E-state index >= 15 is 0 Å². The van der Waals surface area contributed by atoms with Crippen molar-refractivity contribution in [2.75, 3.05) is 21.7 Å². The van der Waals surface area contributed by atoms with Crippen molar-refractivity contribution in [3.05, 3.63) is 80.5 Å². The van der Waals surface area contributed by atoms with Gasteiger partial charge >= 0.3 is 0 Å². The van der Waals surface area contributed by atoms with Gasteiger partial charge in [-0.25, -0.2) is 0 Å². The molecular formula is C42H38N4O10. The summed E-state index contributed by atoms with van der Waals surface area (Å²) in [5, 5.41) is 45.2. The summed E-state index contributed by atoms with van der Waals surface area (Å²) in [5.41, 5.74) is 10.8. The van der Waals surface area contributed by atoms with Crippen molar-refractivity contribution in [2.24, 2.45) is 11.8 Å². The number of hydrogen-bond acceptors (Lipinski definition) is 14. The molecule has 0 spiro atoms. The third-order valence-corrected chi connectivity index (χ3v) is 10.0. The number of hydrogen-bond donors (Lipinski definition) is 8. The molecule has 0 fully saturated rings. The molecule has 286 valence electrons. The highest BCUT2D eigenvalue weighted by molar-refractivity contribution is 6.69. The van der Waals surface area contributed by atoms with Crippen LogP contribution in [-0.2, 0) is 28.8 Å². The molecule has 8 N–H and O–H groups in total. The molecule has 0 heterocycles. The number of hydrazine groups is 2. The quantitative estimate of drug-likeness (QED) is 0.0361. The largest absolute Gasteiger partial charge is 0.507 e. The third-order valence-electron chi connectivity index (χ3n) is 10.0. The first-order valence-electron chi connectivity index (χ1n) is 17.6. The second kappa shape index (κ2) is 14.5. The Morgan fingerprint density at radius 3 is 1.14 bits per heavy atom. The van der Waals surface area contributed by atoms with E-state index in [1.54, 1.807) is 64.1 Å². The average Bonchev–Trinajstić information content (AvgIpc) is 3.15. The van der Waals surface area contributed by atoms with E-state index in [0.717, 1.165) is 0 Å². The van der Waals surface area contributed by atoms with Crippen LogP contribution in [0, 0.1) is 25.7 Å². The van der Waals surface area contributed by atoms with Crippen molar-refractivity contribution >= 4 is 80.7 Å². The van der Waals surface area contributed by atoms with E-state index in [1.807, 2.05) is 0 Å². The Morgan fingerprint density at radius 2 is 0.839 bits per heavy atom. The summed E-state index contributed by atoms with van der Waals surface area (Å²) in [5.74, 6) is -7.19. The first-order valence-corrected chi connectivity index (χ1v) is 17.6. The number of anilines is 4. The average molecular weight is 759 g/mol. The lowest BCUT2D eigenvalue weighted by Crippen LogP contribution is -2.46. The van der Waals surface area contributed by atoms with E-state index in [-0.39, 0.29) is 101 Å². The fourth-order valence-corrected chi connectivity index (χ4v) is 7.39. The van der Waals surface area contributed by atoms with E-state index < -0.39 is 57.6 Å². The van der Waals surface area contributed by atoms with Crippen molar-refractivity contribution in [3.63, 3.8) is 0 Å². The molecule has 56 heavy (non-hydrogen) atoms. The molecule has 0 radical (unpaired) electrons. The SMILES string of the molecule is Cc1c(-c2c(C)c(NNc3ccccc3O)c3c(c2O)=C(C=O)C(=O)C(=O)C=3C(C)C)c(O)c2c(c1NNc1ccccc1O)=C(C(C)C)C(=O)C(=O)C=2C=O. The maximum absolute atomic E-state index is 13.6. The number of phenols is 4. The van der Waals surface area contributed by atoms with Gasteiger partial charge in [0.1, 0.15) is 23.0 Å². The number of carbonyl (C=O) groups excluding carboxylic acids is 6. The zero-order chi connectivity index (χ0) is 40.9. The van der Waals surface area contributed by atoms with E-state index in [0.29, 0.717) is 0 Å². The smallest absolute Gasteiger partial charge is 0.237 e. The van der Waals surface area contributed by atoms with Gasteiger partial charge in [0.05, 0.1) is 33.9 Å². The number of carbonyl (C=O) groups is 6. The number of ketones is 4. The number of para-hydroxylation sites is 4. The molecule has 2 aliphatic carbocycles. The van der Waals surface area contributed by atoms with Crippen LogP contribution in [0.4, 0.5) is 22.7 Å². The predicted molar refractivity (Wildman–Crippen MR) is 209 cm³/mol. The van der Waals surface area contributed by atoms with Gasteiger partial charge in [-0.05, 0) is 61.1 Å². The van der Waals surface area contributed by atoms with Crippen LogP contribution in [0.3, 0.4) is 0 Å². The summed E-state index contributed by atoms with van der Waals surface area (Å²) >= 11 is 0. The third kappa shape index (κ3) is 5.91. The number of aldehydes is 2. The van der Waals surface area contributed by atoms with Crippen molar-refractivity contribution in [3.8, 4) is 34.1 Å². The van der Waals surface area contributed by atoms with Crippen LogP contribution in [0.15, 0.2) is 48.5 Å². The van der Waals surface area contributed by atoms with E-state index in [1.165, 1.54) is 26.0 Å². The van der Waals surface area contributed by atoms with E-state index in [4.69, 9.17) is 0 Å². The topological polar surface area (TPSA) is 231 Å². The van der Waals surface area contributed by atoms with Gasteiger partial charge in [-0.1, -0.05) is 52.0 Å². The molecule has 6 rings (SSSR count). The number of aromatic hydroxyl groups is 4. The van der Waals surface area contributed by atoms with Gasteiger partial charge in [0, 0.05) is 43.1 Å². The lowest BCUT2D eigenvalue weighted by Gasteiger charge is -2.27. The molecule has 0 saturated carbocycles. The number of rotatable bonds is 11. The Kier molecular flexibility index (Phi) is 10.0. The van der Waals surface area contributed by atoms with Crippen LogP contribution >= 0.6 is 0 Å². The summed E-state index contributed by atoms with van der Waals surface area (Å²) in [6, 6.07) is 12.4. The summed E-state index contributed by atoms with van der Waals surface area (Å²) in [6.45, 7) is 9.68. The minimum absolute atomic E-state index is 0.0133. The number of nitrogens with one attached hydrogen (secondary N) is 4. The summed E-state index contributed by atoms with van der Waals surface area (Å²) in [4.78, 5) is 79.5. The van der Waals surface area contributed by atoms with Crippen LogP contribution in [0.5, 0.6) is 23.0 Å². The van der Waals surface area contributed by atoms with Crippen molar-refractivity contribution in [1.82, 2.24) is 0 Å². The molecule has 4 aromatic rings. The molecular weight excluding hydrogens is 720 g/mol. The molecule has 2 aliphatic rings. The molecule has 4 aromatic carbocycles. The molecule has 0 aliphatic heterocycles. The van der Waals surface area contributed by atoms with Crippen molar-refractivity contribution < 1.29 is 49.2 Å². The Morgan fingerprint density at radius 1 is 0.500 bits per heavy atom. The Hall–Kier alpha value is -7.22. The Labute approximate surface area is 319 Å². The zero-order valence-corrected chi connectivity index (χ0v) is 31.2. The molecule has 0 saturated heterocycles. The van der Waals surface area contributed by atoms with Crippen LogP contribution in [0.1, 0.15) is 38.8 Å². The van der Waals surface area contributed by atoms with Gasteiger partial charge in [0.25, 0.3) is 0 Å². The number of Topliss-reactive ketones (excluding diaryl/α,β-unsaturated/α-hetero) is 4. The molecule has 0 aromatic heterocycles. The van der Waals surface area contributed by atoms with Gasteiger partial charge in [-0.2, -0.15) is 0 Å². The molecule has 14 heteroatoms. The lowest BCUT2D eigenvalue weighted by molar-refractivity contribution is -0.130. The van der Waals surface area contributed by atoms with Gasteiger partial charge in [0.2, 0.25) is 23.1 Å². The Balaban J connectivity index is 1.86. The van der Waals surface area contributed by atoms with E-state index in [2.05, 4.69) is 21.7 Å². The monoisotopic (exact) mass is 758 g/mol. The second-order valence-corrected chi connectivity index (χ2v) is 14.0. The lowest BCUT2D eigenvalue weighted by atomic mass is 9.80. The van der Waals surface area contributed by atoms with Gasteiger partial charge in [0.15, 0.2) is 12.6 Å². The highest BCUT2D eigenvalue weighted by Crippen LogP contribution is 2.42. The molecule has 14 nitrogen and oxygen atoms in total. The highest BCUT2D eigenvalue weighted by atomic mass is 16.3. The number of fused-ring (bicyclic) bond motifs is 2. The fraction of sp³-hybridized carbons (Fsp3) is 0.190. The summed E-state index contributed by atoms with van der Waals surface area (Å²) in [7, 11) is 0. The molecule has 0 amide bonds. The second-order valence-electron chi connectivity index (χ2n) is 14.0. The predicted octanol–water partition coefficient (Wildman–Crippen LogP) is 2.29. The first-order chi connectivity index (χ1) is 26.6. The zero-order valence-electron chi connectivity index (χ0n) is 31.2. The van der Waals surface area contributed by atoms with E-state index in [9.17, 15) is 49.2 Å². The fourth-order valence-electron chi connectivity index (χ4n) is 7.39. The maximum atomic E-state index is 13.6. The van der Waals surface area contributed by atoms with Crippen LogP contribution in [0.2, 0.25) is 0 Å². The summed E-state index contributed by atoms with van der Waals surface area (Å²) < 4.78 is 0. The molecule has 0 bridgehead atoms. The minimum Gasteiger partial charge on any atom is -0.507 e. The van der Waals surface area contributed by atoms with Gasteiger partial charge in [-0.3, -0.25) is 50.5 Å². The standard InChI is InChI=1S/C42H38N4O10/c1-17(2)27-33-31(21(15-47)37(51)41(27)55)39(53)29(19(5)35(33)45-43-23-11-7-9-13-25(23)49)30-20(6)36(46-44-24-12-8-10-14-26(24)50)34-28(18(3)4)42(56)38(52)22(16-48)32(34)40(30)54/h7-18,43-46,49-50,53-54H,1-6H3.